The van der Waals surface area contributed by atoms with Gasteiger partial charge in [0.05, 0.1) is 0 Å². The van der Waals surface area contributed by atoms with Gasteiger partial charge in [0.25, 0.3) is 0 Å². The lowest BCUT2D eigenvalue weighted by Gasteiger charge is -2.30. The van der Waals surface area contributed by atoms with Gasteiger partial charge < -0.3 is 10.2 Å². The van der Waals surface area contributed by atoms with Crippen LogP contribution in [0.2, 0.25) is 0 Å². The zero-order chi connectivity index (χ0) is 12.4. The third-order valence-electron chi connectivity index (χ3n) is 3.63. The van der Waals surface area contributed by atoms with Crippen LogP contribution >= 0.6 is 0 Å². The van der Waals surface area contributed by atoms with Crippen molar-refractivity contribution in [3.63, 3.8) is 0 Å². The first kappa shape index (κ1) is 11.3. The summed E-state index contributed by atoms with van der Waals surface area (Å²) in [5.41, 5.74) is 3.55. The summed E-state index contributed by atoms with van der Waals surface area (Å²) in [6.45, 7) is 2.01. The highest BCUT2D eigenvalue weighted by Gasteiger charge is 2.39. The summed E-state index contributed by atoms with van der Waals surface area (Å²) in [4.78, 5) is 5.39. The molecule has 4 rings (SSSR count). The molecule has 3 heteroatoms. The summed E-state index contributed by atoms with van der Waals surface area (Å²) in [7, 11) is 0. The van der Waals surface area contributed by atoms with Crippen molar-refractivity contribution >= 4 is 5.71 Å². The number of piperidine rings is 1. The molecule has 4 aliphatic rings. The summed E-state index contributed by atoms with van der Waals surface area (Å²) in [5, 5.41) is 7.17. The fraction of sp³-hybridized carbons (Fsp3) is 0.400. The number of nitrogens with zero attached hydrogens (tertiary/aromatic N) is 1. The highest BCUT2D eigenvalue weighted by atomic mass is 16.7. The van der Waals surface area contributed by atoms with E-state index in [0.29, 0.717) is 0 Å². The van der Waals surface area contributed by atoms with Crippen LogP contribution in [-0.4, -0.2) is 24.4 Å². The van der Waals surface area contributed by atoms with Crippen molar-refractivity contribution in [2.75, 3.05) is 13.1 Å². The summed E-state index contributed by atoms with van der Waals surface area (Å²) in [5.74, 6) is 2.54. The van der Waals surface area contributed by atoms with Gasteiger partial charge in [0.1, 0.15) is 11.3 Å². The van der Waals surface area contributed by atoms with Gasteiger partial charge in [-0.05, 0) is 30.3 Å². The van der Waals surface area contributed by atoms with Crippen LogP contribution in [0.15, 0.2) is 29.4 Å². The minimum atomic E-state index is -0.0625. The molecule has 0 saturated carbocycles. The average Bonchev–Trinajstić information content (AvgIpc) is 2.85. The molecular formula is C15H16N2O. The van der Waals surface area contributed by atoms with E-state index in [1.54, 1.807) is 0 Å². The lowest BCUT2D eigenvalue weighted by atomic mass is 9.88. The minimum Gasteiger partial charge on any atom is -0.388 e. The molecule has 2 aliphatic carbocycles. The number of nitrogens with one attached hydrogen (secondary N) is 1. The molecule has 1 saturated heterocycles. The summed E-state index contributed by atoms with van der Waals surface area (Å²) < 4.78 is 0. The van der Waals surface area contributed by atoms with Crippen molar-refractivity contribution in [1.29, 1.82) is 0 Å². The number of hydrogen-bond acceptors (Lipinski definition) is 3. The maximum absolute atomic E-state index is 5.39. The normalized spacial score (nSPS) is 21.2. The smallest absolute Gasteiger partial charge is 0.146 e. The van der Waals surface area contributed by atoms with Crippen LogP contribution in [0.5, 0.6) is 0 Å². The van der Waals surface area contributed by atoms with E-state index in [1.807, 2.05) is 0 Å². The maximum Gasteiger partial charge on any atom is 0.146 e. The summed E-state index contributed by atoms with van der Waals surface area (Å²) >= 11 is 0. The zero-order valence-corrected chi connectivity index (χ0v) is 10.3. The number of fused-ring (bicyclic) bond motifs is 1. The standard InChI is InChI=1S/C9H12N2O.C6H4/c1-2-8-7-9(12-11-8)3-5-10-6-4-9;1-2-5-4-6(5)3-1/h1,10H,3-7H2;1-4H. The van der Waals surface area contributed by atoms with E-state index in [2.05, 4.69) is 40.7 Å². The third kappa shape index (κ3) is 2.25. The van der Waals surface area contributed by atoms with Crippen LogP contribution in [0.25, 0.3) is 11.1 Å². The Kier molecular flexibility index (Phi) is 2.81. The predicted octanol–water partition coefficient (Wildman–Crippen LogP) is 2.19. The van der Waals surface area contributed by atoms with Crippen LogP contribution in [0.3, 0.4) is 0 Å². The van der Waals surface area contributed by atoms with Gasteiger partial charge in [0, 0.05) is 19.3 Å². The lowest BCUT2D eigenvalue weighted by Crippen LogP contribution is -2.41. The Labute approximate surface area is 107 Å². The lowest BCUT2D eigenvalue weighted by molar-refractivity contribution is -0.0400. The summed E-state index contributed by atoms with van der Waals surface area (Å²) in [6.07, 6.45) is 8.10. The van der Waals surface area contributed by atoms with Crippen LogP contribution < -0.4 is 5.32 Å². The van der Waals surface area contributed by atoms with E-state index in [4.69, 9.17) is 11.3 Å². The molecule has 0 amide bonds. The van der Waals surface area contributed by atoms with Crippen LogP contribution in [0.1, 0.15) is 19.3 Å². The SMILES string of the molecule is C#CC1=NOC2(CCNCC2)C1.c1cc2cc-2c1. The van der Waals surface area contributed by atoms with Crippen LogP contribution in [0, 0.1) is 12.3 Å². The molecule has 0 atom stereocenters. The van der Waals surface area contributed by atoms with E-state index in [0.717, 1.165) is 38.1 Å². The van der Waals surface area contributed by atoms with E-state index in [9.17, 15) is 0 Å². The molecule has 1 N–H and O–H groups in total. The van der Waals surface area contributed by atoms with E-state index in [-0.39, 0.29) is 5.60 Å². The topological polar surface area (TPSA) is 33.6 Å². The molecule has 1 fully saturated rings. The van der Waals surface area contributed by atoms with Gasteiger partial charge in [-0.1, -0.05) is 29.3 Å². The first-order valence-electron chi connectivity index (χ1n) is 6.34. The predicted molar refractivity (Wildman–Crippen MR) is 72.2 cm³/mol. The molecule has 18 heavy (non-hydrogen) atoms. The monoisotopic (exact) mass is 240 g/mol. The van der Waals surface area contributed by atoms with Crippen molar-refractivity contribution in [2.45, 2.75) is 24.9 Å². The molecule has 2 aliphatic heterocycles. The van der Waals surface area contributed by atoms with Gasteiger partial charge >= 0.3 is 0 Å². The van der Waals surface area contributed by atoms with Crippen LogP contribution in [0.4, 0.5) is 0 Å². The number of oxime groups is 1. The second kappa shape index (κ2) is 4.47. The molecule has 2 heterocycles. The highest BCUT2D eigenvalue weighted by molar-refractivity contribution is 6.00. The van der Waals surface area contributed by atoms with Crippen molar-refractivity contribution in [3.8, 4) is 23.5 Å². The first-order valence-corrected chi connectivity index (χ1v) is 6.34. The Morgan fingerprint density at radius 1 is 1.28 bits per heavy atom. The minimum absolute atomic E-state index is 0.0625. The number of rotatable bonds is 0. The largest absolute Gasteiger partial charge is 0.388 e. The number of terminal acetylenes is 1. The van der Waals surface area contributed by atoms with Crippen molar-refractivity contribution in [3.05, 3.63) is 24.3 Å². The Balaban J connectivity index is 0.000000137. The molecule has 1 spiro atoms. The van der Waals surface area contributed by atoms with Crippen LogP contribution in [-0.2, 0) is 4.84 Å². The third-order valence-corrected chi connectivity index (χ3v) is 3.63. The molecule has 3 nitrogen and oxygen atoms in total. The number of benzene rings is 1. The van der Waals surface area contributed by atoms with Crippen molar-refractivity contribution in [1.82, 2.24) is 5.32 Å². The quantitative estimate of drug-likeness (QED) is 0.716. The van der Waals surface area contributed by atoms with E-state index in [1.165, 1.54) is 11.1 Å². The zero-order valence-electron chi connectivity index (χ0n) is 10.3. The highest BCUT2D eigenvalue weighted by Crippen LogP contribution is 2.33. The maximum atomic E-state index is 5.39. The van der Waals surface area contributed by atoms with Gasteiger partial charge in [-0.15, -0.1) is 6.42 Å². The van der Waals surface area contributed by atoms with Crippen molar-refractivity contribution in [2.24, 2.45) is 5.16 Å². The van der Waals surface area contributed by atoms with Gasteiger partial charge in [-0.25, -0.2) is 0 Å². The van der Waals surface area contributed by atoms with Gasteiger partial charge in [-0.3, -0.25) is 0 Å². The van der Waals surface area contributed by atoms with Gasteiger partial charge in [0.15, 0.2) is 0 Å². The average molecular weight is 240 g/mol. The molecule has 0 aromatic rings. The van der Waals surface area contributed by atoms with E-state index < -0.39 is 0 Å². The molecular weight excluding hydrogens is 224 g/mol. The first-order chi connectivity index (χ1) is 8.81. The fourth-order valence-corrected chi connectivity index (χ4v) is 2.43. The second-order valence-electron chi connectivity index (χ2n) is 4.96. The van der Waals surface area contributed by atoms with E-state index >= 15 is 0 Å². The molecule has 0 aromatic carbocycles. The molecule has 0 radical (unpaired) electrons. The Morgan fingerprint density at radius 3 is 2.44 bits per heavy atom. The Morgan fingerprint density at radius 2 is 2.00 bits per heavy atom. The number of hydrogen-bond donors (Lipinski definition) is 1. The molecule has 92 valence electrons. The summed E-state index contributed by atoms with van der Waals surface area (Å²) in [6, 6.07) is 8.48. The molecule has 0 bridgehead atoms. The Hall–Kier alpha value is -1.79. The second-order valence-corrected chi connectivity index (χ2v) is 4.96. The fourth-order valence-electron chi connectivity index (χ4n) is 2.43. The molecule has 0 unspecified atom stereocenters. The van der Waals surface area contributed by atoms with Gasteiger partial charge in [-0.2, -0.15) is 0 Å². The van der Waals surface area contributed by atoms with Crippen molar-refractivity contribution < 1.29 is 4.84 Å². The Bertz CT molecular complexity index is 504. The molecule has 0 aromatic heterocycles. The van der Waals surface area contributed by atoms with Gasteiger partial charge in [0.2, 0.25) is 0 Å².